The summed E-state index contributed by atoms with van der Waals surface area (Å²) >= 11 is 0. The third kappa shape index (κ3) is 5.07. The maximum atomic E-state index is 13.1. The first-order chi connectivity index (χ1) is 15.3. The number of hydrogen-bond donors (Lipinski definition) is 1. The molecule has 1 aromatic carbocycles. The predicted molar refractivity (Wildman–Crippen MR) is 125 cm³/mol. The summed E-state index contributed by atoms with van der Waals surface area (Å²) in [5.74, 6) is 0.0920. The van der Waals surface area contributed by atoms with E-state index in [0.29, 0.717) is 32.5 Å². The number of rotatable bonds is 5. The smallest absolute Gasteiger partial charge is 0.306 e. The molecule has 0 atom stereocenters. The number of anilines is 1. The summed E-state index contributed by atoms with van der Waals surface area (Å²) in [5.41, 5.74) is 2.54. The van der Waals surface area contributed by atoms with E-state index >= 15 is 0 Å². The first kappa shape index (κ1) is 22.2. The zero-order valence-corrected chi connectivity index (χ0v) is 18.8. The molecule has 2 aliphatic heterocycles. The number of aromatic nitrogens is 1. The van der Waals surface area contributed by atoms with Gasteiger partial charge in [0.2, 0.25) is 0 Å². The average molecular weight is 434 g/mol. The number of Topliss-reactive ketones (excluding diaryl/α,β-unsaturated/α-hetero) is 1. The molecular formula is C26H31N3O3. The summed E-state index contributed by atoms with van der Waals surface area (Å²) in [6.45, 7) is 7.61. The lowest BCUT2D eigenvalue weighted by atomic mass is 9.79. The highest BCUT2D eigenvalue weighted by Crippen LogP contribution is 2.31. The molecule has 0 aliphatic carbocycles. The number of benzene rings is 1. The van der Waals surface area contributed by atoms with Crippen molar-refractivity contribution in [3.63, 3.8) is 0 Å². The number of pyridine rings is 1. The zero-order chi connectivity index (χ0) is 22.7. The second-order valence-corrected chi connectivity index (χ2v) is 9.56. The Morgan fingerprint density at radius 3 is 2.50 bits per heavy atom. The first-order valence-electron chi connectivity index (χ1n) is 11.3. The third-order valence-corrected chi connectivity index (χ3v) is 6.45. The molecule has 0 spiro atoms. The van der Waals surface area contributed by atoms with E-state index in [1.54, 1.807) is 0 Å². The number of ketones is 1. The molecule has 1 N–H and O–H groups in total. The lowest BCUT2D eigenvalue weighted by molar-refractivity contribution is -0.142. The van der Waals surface area contributed by atoms with Crippen molar-refractivity contribution in [2.24, 2.45) is 11.3 Å². The molecule has 2 aliphatic rings. The average Bonchev–Trinajstić information content (AvgIpc) is 2.78. The molecule has 4 rings (SSSR count). The van der Waals surface area contributed by atoms with Crippen molar-refractivity contribution < 1.29 is 14.7 Å². The van der Waals surface area contributed by atoms with Gasteiger partial charge in [-0.1, -0.05) is 44.2 Å². The summed E-state index contributed by atoms with van der Waals surface area (Å²) < 4.78 is 0. The monoisotopic (exact) mass is 433 g/mol. The summed E-state index contributed by atoms with van der Waals surface area (Å²) in [4.78, 5) is 33.3. The lowest BCUT2D eigenvalue weighted by Gasteiger charge is -2.38. The van der Waals surface area contributed by atoms with Crippen LogP contribution in [0.4, 0.5) is 5.82 Å². The van der Waals surface area contributed by atoms with E-state index in [2.05, 4.69) is 26.9 Å². The van der Waals surface area contributed by atoms with Gasteiger partial charge in [0.25, 0.3) is 0 Å². The maximum Gasteiger partial charge on any atom is 0.306 e. The molecule has 32 heavy (non-hydrogen) atoms. The van der Waals surface area contributed by atoms with E-state index in [9.17, 15) is 14.7 Å². The van der Waals surface area contributed by atoms with E-state index in [0.717, 1.165) is 30.0 Å². The van der Waals surface area contributed by atoms with E-state index in [-0.39, 0.29) is 11.7 Å². The number of aliphatic carboxylic acids is 1. The Labute approximate surface area is 189 Å². The Morgan fingerprint density at radius 2 is 1.88 bits per heavy atom. The molecule has 168 valence electrons. The molecule has 2 fully saturated rings. The molecule has 1 aromatic heterocycles. The van der Waals surface area contributed by atoms with Crippen LogP contribution in [0, 0.1) is 11.3 Å². The Kier molecular flexibility index (Phi) is 6.42. The molecule has 0 unspecified atom stereocenters. The molecule has 6 nitrogen and oxygen atoms in total. The SMILES string of the molecule is CC1(C)CN(Cc2ccccc2)CC(=Cc2ccc(N3CCC(C(=O)O)CC3)nc2)C1=O. The van der Waals surface area contributed by atoms with Crippen molar-refractivity contribution in [3.8, 4) is 0 Å². The summed E-state index contributed by atoms with van der Waals surface area (Å²) in [6.07, 6.45) is 5.06. The second-order valence-electron chi connectivity index (χ2n) is 9.56. The number of carbonyl (C=O) groups excluding carboxylic acids is 1. The van der Waals surface area contributed by atoms with E-state index in [1.165, 1.54) is 5.56 Å². The zero-order valence-electron chi connectivity index (χ0n) is 18.8. The van der Waals surface area contributed by atoms with Crippen molar-refractivity contribution in [3.05, 3.63) is 65.4 Å². The fourth-order valence-corrected chi connectivity index (χ4v) is 4.73. The minimum absolute atomic E-state index is 0.196. The lowest BCUT2D eigenvalue weighted by Crippen LogP contribution is -2.47. The van der Waals surface area contributed by atoms with Gasteiger partial charge in [-0.3, -0.25) is 14.5 Å². The van der Waals surface area contributed by atoms with Crippen LogP contribution in [-0.4, -0.2) is 52.9 Å². The van der Waals surface area contributed by atoms with Crippen molar-refractivity contribution in [1.82, 2.24) is 9.88 Å². The van der Waals surface area contributed by atoms with Crippen molar-refractivity contribution in [1.29, 1.82) is 0 Å². The highest BCUT2D eigenvalue weighted by atomic mass is 16.4. The molecule has 3 heterocycles. The highest BCUT2D eigenvalue weighted by molar-refractivity contribution is 6.04. The molecule has 0 saturated carbocycles. The molecule has 6 heteroatoms. The van der Waals surface area contributed by atoms with E-state index in [4.69, 9.17) is 0 Å². The van der Waals surface area contributed by atoms with Crippen LogP contribution in [0.25, 0.3) is 6.08 Å². The Morgan fingerprint density at radius 1 is 1.16 bits per heavy atom. The molecule has 0 radical (unpaired) electrons. The largest absolute Gasteiger partial charge is 0.481 e. The third-order valence-electron chi connectivity index (χ3n) is 6.45. The quantitative estimate of drug-likeness (QED) is 0.722. The minimum atomic E-state index is -0.707. The van der Waals surface area contributed by atoms with Gasteiger partial charge >= 0.3 is 5.97 Å². The van der Waals surface area contributed by atoms with Gasteiger partial charge in [-0.15, -0.1) is 0 Å². The predicted octanol–water partition coefficient (Wildman–Crippen LogP) is 3.88. The van der Waals surface area contributed by atoms with Crippen molar-refractivity contribution in [2.45, 2.75) is 33.2 Å². The Bertz CT molecular complexity index is 991. The van der Waals surface area contributed by atoms with Crippen molar-refractivity contribution >= 4 is 23.6 Å². The number of carboxylic acid groups (broad SMARTS) is 1. The van der Waals surface area contributed by atoms with Gasteiger partial charge in [-0.05, 0) is 42.2 Å². The normalized spacial score (nSPS) is 21.1. The number of nitrogens with zero attached hydrogens (tertiary/aromatic N) is 3. The Balaban J connectivity index is 1.46. The Hall–Kier alpha value is -2.99. The summed E-state index contributed by atoms with van der Waals surface area (Å²) in [6, 6.07) is 14.3. The first-order valence-corrected chi connectivity index (χ1v) is 11.3. The van der Waals surface area contributed by atoms with Crippen LogP contribution in [0.5, 0.6) is 0 Å². The molecule has 0 bridgehead atoms. The van der Waals surface area contributed by atoms with Gasteiger partial charge in [-0.25, -0.2) is 4.98 Å². The van der Waals surface area contributed by atoms with Crippen molar-refractivity contribution in [2.75, 3.05) is 31.1 Å². The minimum Gasteiger partial charge on any atom is -0.481 e. The number of carboxylic acids is 1. The van der Waals surface area contributed by atoms with E-state index in [1.807, 2.05) is 56.5 Å². The fourth-order valence-electron chi connectivity index (χ4n) is 4.73. The van der Waals surface area contributed by atoms with Gasteiger partial charge in [0.15, 0.2) is 5.78 Å². The molecule has 2 aromatic rings. The van der Waals surface area contributed by atoms with Gasteiger partial charge < -0.3 is 10.0 Å². The van der Waals surface area contributed by atoms with E-state index < -0.39 is 11.4 Å². The van der Waals surface area contributed by atoms with Gasteiger partial charge in [0, 0.05) is 49.9 Å². The van der Waals surface area contributed by atoms with Crippen LogP contribution in [0.3, 0.4) is 0 Å². The van der Waals surface area contributed by atoms with Gasteiger partial charge in [0.1, 0.15) is 5.82 Å². The highest BCUT2D eigenvalue weighted by Gasteiger charge is 2.37. The van der Waals surface area contributed by atoms with Crippen LogP contribution in [0.2, 0.25) is 0 Å². The fraction of sp³-hybridized carbons (Fsp3) is 0.423. The van der Waals surface area contributed by atoms with Gasteiger partial charge in [-0.2, -0.15) is 0 Å². The molecular weight excluding hydrogens is 402 g/mol. The number of carbonyl (C=O) groups is 2. The number of hydrogen-bond acceptors (Lipinski definition) is 5. The standard InChI is InChI=1S/C26H31N3O3/c1-26(2)18-28(16-19-6-4-3-5-7-19)17-22(24(26)30)14-20-8-9-23(27-15-20)29-12-10-21(11-13-29)25(31)32/h3-9,14-15,21H,10-13,16-18H2,1-2H3,(H,31,32). The van der Waals surface area contributed by atoms with Crippen LogP contribution in [0.1, 0.15) is 37.8 Å². The number of likely N-dealkylation sites (tertiary alicyclic amines) is 1. The topological polar surface area (TPSA) is 73.7 Å². The summed E-state index contributed by atoms with van der Waals surface area (Å²) in [5, 5.41) is 9.18. The summed E-state index contributed by atoms with van der Waals surface area (Å²) in [7, 11) is 0. The molecule has 0 amide bonds. The maximum absolute atomic E-state index is 13.1. The van der Waals surface area contributed by atoms with Crippen LogP contribution < -0.4 is 4.90 Å². The second kappa shape index (κ2) is 9.25. The number of piperidine rings is 2. The van der Waals surface area contributed by atoms with Gasteiger partial charge in [0.05, 0.1) is 5.92 Å². The van der Waals surface area contributed by atoms with Crippen LogP contribution in [0.15, 0.2) is 54.2 Å². The van der Waals surface area contributed by atoms with Crippen LogP contribution >= 0.6 is 0 Å². The molecule has 2 saturated heterocycles. The van der Waals surface area contributed by atoms with Crippen LogP contribution in [-0.2, 0) is 16.1 Å².